The molecular formula is C18H19F2N7O3. The molecule has 12 heteroatoms. The summed E-state index contributed by atoms with van der Waals surface area (Å²) in [5.41, 5.74) is 3.60. The van der Waals surface area contributed by atoms with Gasteiger partial charge < -0.3 is 10.1 Å². The highest BCUT2D eigenvalue weighted by Crippen LogP contribution is 2.36. The van der Waals surface area contributed by atoms with Crippen molar-refractivity contribution in [2.75, 3.05) is 19.0 Å². The Hall–Kier alpha value is -3.67. The van der Waals surface area contributed by atoms with E-state index in [1.807, 2.05) is 0 Å². The molecule has 1 aromatic carbocycles. The first-order valence-electron chi connectivity index (χ1n) is 8.89. The van der Waals surface area contributed by atoms with Crippen molar-refractivity contribution in [3.63, 3.8) is 0 Å². The van der Waals surface area contributed by atoms with Gasteiger partial charge in [0, 0.05) is 0 Å². The first kappa shape index (κ1) is 21.0. The first-order valence-corrected chi connectivity index (χ1v) is 8.89. The summed E-state index contributed by atoms with van der Waals surface area (Å²) in [6.07, 6.45) is 0.100. The molecule has 158 valence electrons. The average molecular weight is 419 g/mol. The van der Waals surface area contributed by atoms with Gasteiger partial charge in [0.1, 0.15) is 12.9 Å². The second-order valence-corrected chi connectivity index (χ2v) is 5.85. The fourth-order valence-electron chi connectivity index (χ4n) is 2.61. The number of carbonyl (C=O) groups excluding carboxylic acids is 1. The van der Waals surface area contributed by atoms with Gasteiger partial charge in [-0.05, 0) is 25.1 Å². The molecule has 2 aromatic heterocycles. The van der Waals surface area contributed by atoms with Crippen LogP contribution in [0.15, 0.2) is 36.8 Å². The highest BCUT2D eigenvalue weighted by molar-refractivity contribution is 5.98. The topological polar surface area (TPSA) is 116 Å². The van der Waals surface area contributed by atoms with Crippen LogP contribution in [-0.2, 0) is 11.4 Å². The van der Waals surface area contributed by atoms with Gasteiger partial charge in [-0.1, -0.05) is 6.07 Å². The smallest absolute Gasteiger partial charge is 0.297 e. The summed E-state index contributed by atoms with van der Waals surface area (Å²) in [5, 5.41) is 14.7. The van der Waals surface area contributed by atoms with Crippen molar-refractivity contribution >= 4 is 17.3 Å². The number of methoxy groups -OCH3 is 1. The number of hydroxylamine groups is 1. The molecule has 3 aromatic rings. The molecule has 0 radical (unpaired) electrons. The maximum atomic E-state index is 12.6. The van der Waals surface area contributed by atoms with Crippen LogP contribution in [0.1, 0.15) is 17.4 Å². The number of hydrogen-bond acceptors (Lipinski definition) is 8. The minimum Gasteiger partial charge on any atom is -0.494 e. The van der Waals surface area contributed by atoms with Gasteiger partial charge in [0.05, 0.1) is 36.9 Å². The Labute approximate surface area is 170 Å². The molecule has 0 fully saturated rings. The molecule has 10 nitrogen and oxygen atoms in total. The van der Waals surface area contributed by atoms with Crippen molar-refractivity contribution in [3.05, 3.63) is 42.5 Å². The van der Waals surface area contributed by atoms with Crippen molar-refractivity contribution < 1.29 is 23.1 Å². The predicted molar refractivity (Wildman–Crippen MR) is 102 cm³/mol. The lowest BCUT2D eigenvalue weighted by atomic mass is 10.1. The van der Waals surface area contributed by atoms with Crippen LogP contribution in [0.2, 0.25) is 0 Å². The molecule has 3 rings (SSSR count). The average Bonchev–Trinajstić information content (AvgIpc) is 3.19. The van der Waals surface area contributed by atoms with E-state index in [4.69, 9.17) is 9.57 Å². The fourth-order valence-corrected chi connectivity index (χ4v) is 2.61. The minimum absolute atomic E-state index is 0.0118. The van der Waals surface area contributed by atoms with Crippen molar-refractivity contribution in [1.29, 1.82) is 0 Å². The molecule has 1 amide bonds. The number of alkyl halides is 2. The lowest BCUT2D eigenvalue weighted by Gasteiger charge is -2.15. The molecule has 0 aliphatic carbocycles. The van der Waals surface area contributed by atoms with Crippen LogP contribution in [0.4, 0.5) is 20.2 Å². The molecule has 30 heavy (non-hydrogen) atoms. The molecule has 2 N–H and O–H groups in total. The predicted octanol–water partition coefficient (Wildman–Crippen LogP) is 2.43. The highest BCUT2D eigenvalue weighted by Gasteiger charge is 2.19. The number of anilines is 2. The Morgan fingerprint density at radius 2 is 2.10 bits per heavy atom. The summed E-state index contributed by atoms with van der Waals surface area (Å²) in [6.45, 7) is 1.45. The van der Waals surface area contributed by atoms with Crippen LogP contribution in [0.25, 0.3) is 11.4 Å². The number of ether oxygens (including phenoxy) is 1. The molecule has 0 aliphatic rings. The Balaban J connectivity index is 1.93. The number of aromatic nitrogens is 5. The second kappa shape index (κ2) is 9.69. The van der Waals surface area contributed by atoms with E-state index in [2.05, 4.69) is 31.1 Å². The molecule has 0 spiro atoms. The Morgan fingerprint density at radius 3 is 2.83 bits per heavy atom. The highest BCUT2D eigenvalue weighted by atomic mass is 19.3. The third kappa shape index (κ3) is 4.84. The van der Waals surface area contributed by atoms with Gasteiger partial charge in [0.2, 0.25) is 0 Å². The van der Waals surface area contributed by atoms with E-state index in [1.54, 1.807) is 31.2 Å². The number of para-hydroxylation sites is 1. The normalized spacial score (nSPS) is 10.8. The molecule has 0 atom stereocenters. The fraction of sp³-hybridized carbons (Fsp3) is 0.278. The molecule has 0 aliphatic heterocycles. The number of benzene rings is 1. The molecule has 0 bridgehead atoms. The van der Waals surface area contributed by atoms with Crippen LogP contribution >= 0.6 is 0 Å². The number of nitrogens with one attached hydrogen (secondary N) is 2. The maximum absolute atomic E-state index is 12.6. The van der Waals surface area contributed by atoms with Crippen molar-refractivity contribution in [1.82, 2.24) is 30.4 Å². The van der Waals surface area contributed by atoms with E-state index in [9.17, 15) is 13.6 Å². The Bertz CT molecular complexity index is 1010. The molecular weight excluding hydrogens is 400 g/mol. The van der Waals surface area contributed by atoms with Gasteiger partial charge in [0.25, 0.3) is 12.3 Å². The van der Waals surface area contributed by atoms with Crippen LogP contribution in [0.3, 0.4) is 0 Å². The number of nitrogens with zero attached hydrogens (tertiary/aromatic N) is 5. The van der Waals surface area contributed by atoms with E-state index in [0.717, 1.165) is 4.68 Å². The summed E-state index contributed by atoms with van der Waals surface area (Å²) >= 11 is 0. The molecule has 0 saturated heterocycles. The maximum Gasteiger partial charge on any atom is 0.297 e. The number of hydrogen-bond donors (Lipinski definition) is 2. The lowest BCUT2D eigenvalue weighted by Crippen LogP contribution is -2.25. The zero-order valence-corrected chi connectivity index (χ0v) is 16.2. The third-order valence-electron chi connectivity index (χ3n) is 3.84. The summed E-state index contributed by atoms with van der Waals surface area (Å²) in [4.78, 5) is 21.3. The quantitative estimate of drug-likeness (QED) is 0.508. The van der Waals surface area contributed by atoms with Crippen LogP contribution < -0.4 is 15.5 Å². The van der Waals surface area contributed by atoms with Crippen LogP contribution in [-0.4, -0.2) is 51.0 Å². The summed E-state index contributed by atoms with van der Waals surface area (Å²) in [7, 11) is 1.45. The summed E-state index contributed by atoms with van der Waals surface area (Å²) < 4.78 is 31.7. The van der Waals surface area contributed by atoms with Gasteiger partial charge >= 0.3 is 0 Å². The third-order valence-corrected chi connectivity index (χ3v) is 3.84. The van der Waals surface area contributed by atoms with Crippen molar-refractivity contribution in [3.8, 4) is 17.1 Å². The number of carbonyl (C=O) groups is 1. The van der Waals surface area contributed by atoms with Crippen LogP contribution in [0, 0.1) is 0 Å². The number of amides is 1. The monoisotopic (exact) mass is 419 g/mol. The first-order chi connectivity index (χ1) is 14.5. The summed E-state index contributed by atoms with van der Waals surface area (Å²) in [6, 6.07) is 6.68. The van der Waals surface area contributed by atoms with E-state index < -0.39 is 18.9 Å². The standard InChI is InChI=1S/C18H19F2N7O3/c1-3-30-26-18(28)15-12(7-8-22-24-15)23-13-6-4-5-11(16(13)29-2)17-21-10-27(25-17)9-14(19)20/h4-8,10,14H,3,9H2,1-2H3,(H,22,23)(H,26,28). The zero-order valence-electron chi connectivity index (χ0n) is 16.2. The van der Waals surface area contributed by atoms with E-state index in [1.165, 1.54) is 19.6 Å². The van der Waals surface area contributed by atoms with Gasteiger partial charge in [-0.15, -0.1) is 5.10 Å². The number of rotatable bonds is 9. The summed E-state index contributed by atoms with van der Waals surface area (Å²) in [5.74, 6) is 0.00794. The second-order valence-electron chi connectivity index (χ2n) is 5.85. The van der Waals surface area contributed by atoms with Gasteiger partial charge in [-0.2, -0.15) is 10.2 Å². The lowest BCUT2D eigenvalue weighted by molar-refractivity contribution is 0.0360. The van der Waals surface area contributed by atoms with E-state index >= 15 is 0 Å². The largest absolute Gasteiger partial charge is 0.494 e. The van der Waals surface area contributed by atoms with Gasteiger partial charge in [-0.3, -0.25) is 9.63 Å². The van der Waals surface area contributed by atoms with Gasteiger partial charge in [-0.25, -0.2) is 23.9 Å². The zero-order chi connectivity index (χ0) is 21.5. The van der Waals surface area contributed by atoms with Gasteiger partial charge in [0.15, 0.2) is 17.3 Å². The van der Waals surface area contributed by atoms with E-state index in [-0.39, 0.29) is 18.1 Å². The van der Waals surface area contributed by atoms with E-state index in [0.29, 0.717) is 22.7 Å². The molecule has 0 unspecified atom stereocenters. The minimum atomic E-state index is -2.55. The molecule has 0 saturated carbocycles. The Morgan fingerprint density at radius 1 is 1.27 bits per heavy atom. The van der Waals surface area contributed by atoms with Crippen molar-refractivity contribution in [2.45, 2.75) is 19.9 Å². The molecule has 2 heterocycles. The Kier molecular flexibility index (Phi) is 6.80. The van der Waals surface area contributed by atoms with Crippen LogP contribution in [0.5, 0.6) is 5.75 Å². The SMILES string of the molecule is CCONC(=O)c1nnccc1Nc1cccc(-c2ncn(CC(F)F)n2)c1OC. The number of halogens is 2. The van der Waals surface area contributed by atoms with Crippen molar-refractivity contribution in [2.24, 2.45) is 0 Å².